The Bertz CT molecular complexity index is 738. The second-order valence-electron chi connectivity index (χ2n) is 5.10. The molecule has 0 aliphatic carbocycles. The first-order chi connectivity index (χ1) is 11.5. The lowest BCUT2D eigenvalue weighted by Gasteiger charge is -2.10. The third kappa shape index (κ3) is 4.45. The van der Waals surface area contributed by atoms with Crippen LogP contribution in [0.25, 0.3) is 0 Å². The van der Waals surface area contributed by atoms with Crippen molar-refractivity contribution >= 4 is 23.4 Å². The quantitative estimate of drug-likeness (QED) is 0.751. The summed E-state index contributed by atoms with van der Waals surface area (Å²) in [6, 6.07) is 8.08. The first-order valence-corrected chi connectivity index (χ1v) is 7.51. The van der Waals surface area contributed by atoms with Crippen molar-refractivity contribution in [2.24, 2.45) is 0 Å². The minimum absolute atomic E-state index is 0.103. The highest BCUT2D eigenvalue weighted by molar-refractivity contribution is 6.04. The minimum atomic E-state index is -0.400. The van der Waals surface area contributed by atoms with Crippen LogP contribution < -0.4 is 16.0 Å². The Kier molecular flexibility index (Phi) is 5.73. The number of amides is 3. The number of carbonyl (C=O) groups is 3. The summed E-state index contributed by atoms with van der Waals surface area (Å²) < 4.78 is 5.04. The molecule has 0 fully saturated rings. The van der Waals surface area contributed by atoms with Gasteiger partial charge in [0.1, 0.15) is 0 Å². The number of hydrogen-bond acceptors (Lipinski definition) is 4. The van der Waals surface area contributed by atoms with E-state index in [0.29, 0.717) is 17.8 Å². The van der Waals surface area contributed by atoms with Crippen LogP contribution in [-0.4, -0.2) is 30.8 Å². The molecule has 7 heteroatoms. The molecule has 0 aliphatic rings. The Morgan fingerprint density at radius 3 is 2.54 bits per heavy atom. The van der Waals surface area contributed by atoms with E-state index in [1.165, 1.54) is 6.26 Å². The fourth-order valence-electron chi connectivity index (χ4n) is 2.01. The zero-order valence-electron chi connectivity index (χ0n) is 13.5. The van der Waals surface area contributed by atoms with Gasteiger partial charge in [-0.25, -0.2) is 0 Å². The largest absolute Gasteiger partial charge is 0.459 e. The topological polar surface area (TPSA) is 100 Å². The molecule has 0 unspecified atom stereocenters. The number of anilines is 1. The predicted octanol–water partition coefficient (Wildman–Crippen LogP) is 1.71. The highest BCUT2D eigenvalue weighted by Crippen LogP contribution is 2.18. The van der Waals surface area contributed by atoms with Gasteiger partial charge in [0.05, 0.1) is 12.8 Å². The zero-order chi connectivity index (χ0) is 17.5. The van der Waals surface area contributed by atoms with Gasteiger partial charge in [0.25, 0.3) is 11.8 Å². The van der Waals surface area contributed by atoms with E-state index in [1.54, 1.807) is 37.3 Å². The number of carbonyl (C=O) groups excluding carboxylic acids is 3. The van der Waals surface area contributed by atoms with Gasteiger partial charge in [-0.3, -0.25) is 14.4 Å². The summed E-state index contributed by atoms with van der Waals surface area (Å²) in [5, 5.41) is 7.82. The molecule has 24 heavy (non-hydrogen) atoms. The molecular weight excluding hydrogens is 310 g/mol. The number of benzene rings is 1. The maximum atomic E-state index is 12.1. The van der Waals surface area contributed by atoms with Gasteiger partial charge in [-0.1, -0.05) is 6.07 Å². The SMILES string of the molecule is CCNC(=O)CNC(=O)c1ccc(C)c(NC(=O)c2ccco2)c1. The van der Waals surface area contributed by atoms with Gasteiger partial charge >= 0.3 is 0 Å². The Morgan fingerprint density at radius 1 is 1.08 bits per heavy atom. The van der Waals surface area contributed by atoms with E-state index >= 15 is 0 Å². The number of aryl methyl sites for hydroxylation is 1. The summed E-state index contributed by atoms with van der Waals surface area (Å²) in [4.78, 5) is 35.5. The average Bonchev–Trinajstić information content (AvgIpc) is 3.09. The van der Waals surface area contributed by atoms with Gasteiger partial charge < -0.3 is 20.4 Å². The molecule has 0 spiro atoms. The van der Waals surface area contributed by atoms with Crippen LogP contribution in [0.1, 0.15) is 33.4 Å². The van der Waals surface area contributed by atoms with Gasteiger partial charge in [-0.15, -0.1) is 0 Å². The first-order valence-electron chi connectivity index (χ1n) is 7.51. The van der Waals surface area contributed by atoms with Crippen molar-refractivity contribution in [3.05, 3.63) is 53.5 Å². The fourth-order valence-corrected chi connectivity index (χ4v) is 2.01. The molecule has 1 aromatic carbocycles. The van der Waals surface area contributed by atoms with Crippen LogP contribution in [0.2, 0.25) is 0 Å². The highest BCUT2D eigenvalue weighted by atomic mass is 16.3. The molecule has 1 aromatic heterocycles. The van der Waals surface area contributed by atoms with E-state index in [-0.39, 0.29) is 18.2 Å². The van der Waals surface area contributed by atoms with Gasteiger partial charge in [0.2, 0.25) is 5.91 Å². The average molecular weight is 329 g/mol. The molecule has 0 bridgehead atoms. The summed E-state index contributed by atoms with van der Waals surface area (Å²) in [6.07, 6.45) is 1.41. The Balaban J connectivity index is 2.06. The molecule has 3 amide bonds. The summed E-state index contributed by atoms with van der Waals surface area (Å²) in [7, 11) is 0. The van der Waals surface area contributed by atoms with Crippen molar-refractivity contribution in [1.82, 2.24) is 10.6 Å². The van der Waals surface area contributed by atoms with E-state index < -0.39 is 11.8 Å². The molecule has 7 nitrogen and oxygen atoms in total. The molecule has 0 atom stereocenters. The number of likely N-dealkylation sites (N-methyl/N-ethyl adjacent to an activating group) is 1. The Morgan fingerprint density at radius 2 is 1.88 bits per heavy atom. The van der Waals surface area contributed by atoms with E-state index in [1.807, 2.05) is 6.92 Å². The van der Waals surface area contributed by atoms with Crippen LogP contribution in [0.5, 0.6) is 0 Å². The van der Waals surface area contributed by atoms with Crippen LogP contribution in [0, 0.1) is 6.92 Å². The van der Waals surface area contributed by atoms with Crippen molar-refractivity contribution in [3.8, 4) is 0 Å². The van der Waals surface area contributed by atoms with Crippen molar-refractivity contribution in [1.29, 1.82) is 0 Å². The van der Waals surface area contributed by atoms with E-state index in [9.17, 15) is 14.4 Å². The summed E-state index contributed by atoms with van der Waals surface area (Å²) in [6.45, 7) is 4.01. The lowest BCUT2D eigenvalue weighted by atomic mass is 10.1. The van der Waals surface area contributed by atoms with Crippen molar-refractivity contribution in [3.63, 3.8) is 0 Å². The molecule has 0 aliphatic heterocycles. The number of rotatable bonds is 6. The standard InChI is InChI=1S/C17H19N3O4/c1-3-18-15(21)10-19-16(22)12-7-6-11(2)13(9-12)20-17(23)14-5-4-8-24-14/h4-9H,3,10H2,1-2H3,(H,18,21)(H,19,22)(H,20,23). The summed E-state index contributed by atoms with van der Waals surface area (Å²) in [5.74, 6) is -0.873. The van der Waals surface area contributed by atoms with Crippen LogP contribution in [0.3, 0.4) is 0 Å². The van der Waals surface area contributed by atoms with Gasteiger partial charge in [0.15, 0.2) is 5.76 Å². The summed E-state index contributed by atoms with van der Waals surface area (Å²) >= 11 is 0. The van der Waals surface area contributed by atoms with E-state index in [2.05, 4.69) is 16.0 Å². The number of furan rings is 1. The molecule has 2 aromatic rings. The third-order valence-corrected chi connectivity index (χ3v) is 3.28. The zero-order valence-corrected chi connectivity index (χ0v) is 13.5. The normalized spacial score (nSPS) is 10.1. The molecule has 2 rings (SSSR count). The molecule has 0 saturated carbocycles. The lowest BCUT2D eigenvalue weighted by Crippen LogP contribution is -2.36. The summed E-state index contributed by atoms with van der Waals surface area (Å²) in [5.41, 5.74) is 1.65. The van der Waals surface area contributed by atoms with Crippen LogP contribution in [-0.2, 0) is 4.79 Å². The highest BCUT2D eigenvalue weighted by Gasteiger charge is 2.13. The van der Waals surface area contributed by atoms with E-state index in [0.717, 1.165) is 5.56 Å². The van der Waals surface area contributed by atoms with Crippen LogP contribution in [0.4, 0.5) is 5.69 Å². The minimum Gasteiger partial charge on any atom is -0.459 e. The number of nitrogens with one attached hydrogen (secondary N) is 3. The smallest absolute Gasteiger partial charge is 0.291 e. The second-order valence-corrected chi connectivity index (χ2v) is 5.10. The van der Waals surface area contributed by atoms with Crippen molar-refractivity contribution in [2.75, 3.05) is 18.4 Å². The molecule has 0 radical (unpaired) electrons. The maximum Gasteiger partial charge on any atom is 0.291 e. The number of hydrogen-bond donors (Lipinski definition) is 3. The van der Waals surface area contributed by atoms with Crippen LogP contribution in [0.15, 0.2) is 41.0 Å². The second kappa shape index (κ2) is 7.96. The molecule has 3 N–H and O–H groups in total. The van der Waals surface area contributed by atoms with Crippen molar-refractivity contribution in [2.45, 2.75) is 13.8 Å². The molecule has 1 heterocycles. The molecule has 0 saturated heterocycles. The van der Waals surface area contributed by atoms with Crippen LogP contribution >= 0.6 is 0 Å². The monoisotopic (exact) mass is 329 g/mol. The van der Waals surface area contributed by atoms with Crippen molar-refractivity contribution < 1.29 is 18.8 Å². The first kappa shape index (κ1) is 17.3. The Hall–Kier alpha value is -3.09. The maximum absolute atomic E-state index is 12.1. The van der Waals surface area contributed by atoms with Gasteiger partial charge in [-0.2, -0.15) is 0 Å². The van der Waals surface area contributed by atoms with Gasteiger partial charge in [0, 0.05) is 17.8 Å². The van der Waals surface area contributed by atoms with E-state index in [4.69, 9.17) is 4.42 Å². The third-order valence-electron chi connectivity index (χ3n) is 3.28. The molecular formula is C17H19N3O4. The predicted molar refractivity (Wildman–Crippen MR) is 88.9 cm³/mol. The lowest BCUT2D eigenvalue weighted by molar-refractivity contribution is -0.120. The Labute approximate surface area is 139 Å². The van der Waals surface area contributed by atoms with Gasteiger partial charge in [-0.05, 0) is 43.7 Å². The molecule has 126 valence electrons. The fraction of sp³-hybridized carbons (Fsp3) is 0.235.